The fraction of sp³-hybridized carbons (Fsp3) is 0.571. The van der Waals surface area contributed by atoms with E-state index in [0.717, 1.165) is 11.3 Å². The minimum Gasteiger partial charge on any atom is -0.497 e. The summed E-state index contributed by atoms with van der Waals surface area (Å²) in [6, 6.07) is 7.31. The lowest BCUT2D eigenvalue weighted by atomic mass is 9.92. The molecule has 1 aliphatic rings. The maximum absolute atomic E-state index is 12.8. The third-order valence-corrected chi connectivity index (χ3v) is 3.64. The monoisotopic (exact) mass is 287 g/mol. The minimum absolute atomic E-state index is 0.0714. The zero-order valence-corrected chi connectivity index (χ0v) is 11.2. The van der Waals surface area contributed by atoms with Crippen molar-refractivity contribution in [2.75, 3.05) is 20.2 Å². The van der Waals surface area contributed by atoms with Crippen molar-refractivity contribution >= 4 is 0 Å². The van der Waals surface area contributed by atoms with Crippen molar-refractivity contribution < 1.29 is 23.7 Å². The molecule has 1 fully saturated rings. The van der Waals surface area contributed by atoms with Gasteiger partial charge in [-0.2, -0.15) is 0 Å². The van der Waals surface area contributed by atoms with E-state index >= 15 is 0 Å². The van der Waals surface area contributed by atoms with Crippen LogP contribution in [0.4, 0.5) is 8.78 Å². The number of nitrogens with zero attached hydrogens (tertiary/aromatic N) is 1. The van der Waals surface area contributed by atoms with Crippen molar-refractivity contribution in [3.63, 3.8) is 0 Å². The summed E-state index contributed by atoms with van der Waals surface area (Å²) < 4.78 is 30.7. The number of halogens is 2. The van der Waals surface area contributed by atoms with Gasteiger partial charge in [0.15, 0.2) is 0 Å². The predicted molar refractivity (Wildman–Crippen MR) is 69.8 cm³/mol. The third-order valence-electron chi connectivity index (χ3n) is 3.64. The average Bonchev–Trinajstić information content (AvgIpc) is 2.43. The summed E-state index contributed by atoms with van der Waals surface area (Å²) in [6.07, 6.45) is -5.14. The fourth-order valence-electron chi connectivity index (χ4n) is 2.49. The van der Waals surface area contributed by atoms with Gasteiger partial charge in [-0.15, -0.1) is 0 Å². The average molecular weight is 287 g/mol. The number of hydrogen-bond acceptors (Lipinski definition) is 4. The van der Waals surface area contributed by atoms with Crippen LogP contribution in [0.1, 0.15) is 5.56 Å². The molecule has 0 aliphatic carbocycles. The van der Waals surface area contributed by atoms with Crippen LogP contribution in [0.25, 0.3) is 0 Å². The molecule has 3 atom stereocenters. The molecule has 6 heteroatoms. The highest BCUT2D eigenvalue weighted by atomic mass is 19.3. The predicted octanol–water partition coefficient (Wildman–Crippen LogP) is 1.11. The highest BCUT2D eigenvalue weighted by Gasteiger charge is 2.39. The first kappa shape index (κ1) is 15.2. The number of ether oxygens (including phenoxy) is 1. The van der Waals surface area contributed by atoms with Gasteiger partial charge in [-0.3, -0.25) is 4.90 Å². The summed E-state index contributed by atoms with van der Waals surface area (Å²) in [6.45, 7) is 0.718. The molecule has 0 aromatic heterocycles. The number of benzene rings is 1. The number of aliphatic hydroxyl groups is 2. The van der Waals surface area contributed by atoms with Crippen molar-refractivity contribution in [2.24, 2.45) is 5.92 Å². The molecule has 0 saturated carbocycles. The number of hydrogen-bond donors (Lipinski definition) is 2. The van der Waals surface area contributed by atoms with E-state index in [1.54, 1.807) is 24.1 Å². The Morgan fingerprint density at radius 3 is 2.45 bits per heavy atom. The van der Waals surface area contributed by atoms with Gasteiger partial charge in [-0.1, -0.05) is 12.1 Å². The lowest BCUT2D eigenvalue weighted by molar-refractivity contribution is -0.118. The van der Waals surface area contributed by atoms with Gasteiger partial charge in [0.2, 0.25) is 6.43 Å². The number of likely N-dealkylation sites (tertiary alicyclic amines) is 1. The zero-order valence-electron chi connectivity index (χ0n) is 11.2. The van der Waals surface area contributed by atoms with Crippen molar-refractivity contribution in [1.82, 2.24) is 4.90 Å². The Kier molecular flexibility index (Phi) is 4.91. The molecule has 20 heavy (non-hydrogen) atoms. The molecule has 3 unspecified atom stereocenters. The Balaban J connectivity index is 2.01. The van der Waals surface area contributed by atoms with Crippen molar-refractivity contribution in [1.29, 1.82) is 0 Å². The van der Waals surface area contributed by atoms with Crippen LogP contribution in [0.15, 0.2) is 24.3 Å². The Hall–Kier alpha value is -1.24. The normalized spacial score (nSPS) is 27.8. The van der Waals surface area contributed by atoms with Gasteiger partial charge in [0.25, 0.3) is 0 Å². The smallest absolute Gasteiger partial charge is 0.245 e. The van der Waals surface area contributed by atoms with Crippen molar-refractivity contribution in [2.45, 2.75) is 25.2 Å². The van der Waals surface area contributed by atoms with Gasteiger partial charge in [-0.05, 0) is 17.7 Å². The van der Waals surface area contributed by atoms with Gasteiger partial charge >= 0.3 is 0 Å². The van der Waals surface area contributed by atoms with Gasteiger partial charge in [-0.25, -0.2) is 8.78 Å². The third kappa shape index (κ3) is 3.45. The van der Waals surface area contributed by atoms with Gasteiger partial charge in [0.05, 0.1) is 25.2 Å². The van der Waals surface area contributed by atoms with E-state index in [9.17, 15) is 19.0 Å². The number of β-amino-alcohol motifs (C(OH)–C–C–N with tert-alkyl or cyclic N) is 1. The summed E-state index contributed by atoms with van der Waals surface area (Å²) in [5.41, 5.74) is 0.947. The second kappa shape index (κ2) is 6.47. The zero-order chi connectivity index (χ0) is 14.7. The van der Waals surface area contributed by atoms with Crippen LogP contribution in [0.2, 0.25) is 0 Å². The summed E-state index contributed by atoms with van der Waals surface area (Å²) in [7, 11) is 1.57. The second-order valence-electron chi connectivity index (χ2n) is 5.10. The van der Waals surface area contributed by atoms with Gasteiger partial charge in [0, 0.05) is 19.6 Å². The first-order valence-corrected chi connectivity index (χ1v) is 6.51. The van der Waals surface area contributed by atoms with Gasteiger partial charge < -0.3 is 14.9 Å². The fourth-order valence-corrected chi connectivity index (χ4v) is 2.49. The highest BCUT2D eigenvalue weighted by molar-refractivity contribution is 5.27. The molecule has 1 aromatic carbocycles. The summed E-state index contributed by atoms with van der Waals surface area (Å²) in [4.78, 5) is 1.73. The number of methoxy groups -OCH3 is 1. The first-order chi connectivity index (χ1) is 9.51. The van der Waals surface area contributed by atoms with E-state index in [-0.39, 0.29) is 13.1 Å². The molecule has 112 valence electrons. The molecule has 1 heterocycles. The molecule has 0 amide bonds. The number of aliphatic hydroxyl groups excluding tert-OH is 2. The van der Waals surface area contributed by atoms with E-state index in [1.165, 1.54) is 0 Å². The summed E-state index contributed by atoms with van der Waals surface area (Å²) in [5, 5.41) is 19.3. The topological polar surface area (TPSA) is 52.9 Å². The molecule has 1 saturated heterocycles. The van der Waals surface area contributed by atoms with E-state index in [1.807, 2.05) is 12.1 Å². The molecular weight excluding hydrogens is 268 g/mol. The molecule has 0 spiro atoms. The second-order valence-corrected chi connectivity index (χ2v) is 5.10. The first-order valence-electron chi connectivity index (χ1n) is 6.51. The van der Waals surface area contributed by atoms with Crippen molar-refractivity contribution in [3.8, 4) is 5.75 Å². The lowest BCUT2D eigenvalue weighted by Gasteiger charge is -2.38. The van der Waals surface area contributed by atoms with E-state index in [0.29, 0.717) is 6.54 Å². The number of piperidine rings is 1. The van der Waals surface area contributed by atoms with E-state index < -0.39 is 24.6 Å². The largest absolute Gasteiger partial charge is 0.497 e. The molecule has 1 aromatic rings. The molecule has 0 bridgehead atoms. The molecule has 1 aliphatic heterocycles. The molecule has 0 radical (unpaired) electrons. The molecule has 4 nitrogen and oxygen atoms in total. The Labute approximate surface area is 116 Å². The molecule has 2 rings (SSSR count). The van der Waals surface area contributed by atoms with E-state index in [2.05, 4.69) is 0 Å². The number of rotatable bonds is 4. The molecule has 2 N–H and O–H groups in total. The lowest BCUT2D eigenvalue weighted by Crippen LogP contribution is -2.54. The SMILES string of the molecule is COc1ccc(CN2CC(O)C(O)C(C(F)F)C2)cc1. The van der Waals surface area contributed by atoms with E-state index in [4.69, 9.17) is 4.74 Å². The van der Waals surface area contributed by atoms with Crippen LogP contribution in [-0.2, 0) is 6.54 Å². The van der Waals surface area contributed by atoms with Crippen LogP contribution in [-0.4, -0.2) is 53.9 Å². The summed E-state index contributed by atoms with van der Waals surface area (Å²) in [5.74, 6) is -0.481. The van der Waals surface area contributed by atoms with Crippen molar-refractivity contribution in [3.05, 3.63) is 29.8 Å². The number of alkyl halides is 2. The van der Waals surface area contributed by atoms with Crippen LogP contribution in [0.5, 0.6) is 5.75 Å². The minimum atomic E-state index is -2.64. The maximum atomic E-state index is 12.8. The van der Waals surface area contributed by atoms with Crippen LogP contribution >= 0.6 is 0 Å². The van der Waals surface area contributed by atoms with Crippen LogP contribution < -0.4 is 4.74 Å². The Bertz CT molecular complexity index is 427. The Morgan fingerprint density at radius 2 is 1.90 bits per heavy atom. The van der Waals surface area contributed by atoms with Gasteiger partial charge in [0.1, 0.15) is 5.75 Å². The highest BCUT2D eigenvalue weighted by Crippen LogP contribution is 2.25. The summed E-state index contributed by atoms with van der Waals surface area (Å²) >= 11 is 0. The van der Waals surface area contributed by atoms with Crippen LogP contribution in [0.3, 0.4) is 0 Å². The quantitative estimate of drug-likeness (QED) is 0.871. The maximum Gasteiger partial charge on any atom is 0.245 e. The molecular formula is C14H19F2NO3. The van der Waals surface area contributed by atoms with Crippen LogP contribution in [0, 0.1) is 5.92 Å². The standard InChI is InChI=1S/C14H19F2NO3/c1-20-10-4-2-9(3-5-10)6-17-7-11(14(15)16)13(19)12(18)8-17/h2-5,11-14,18-19H,6-8H2,1H3. The Morgan fingerprint density at radius 1 is 1.25 bits per heavy atom.